The molecule has 0 aliphatic heterocycles. The molecule has 0 N–H and O–H groups in total. The first kappa shape index (κ1) is 20.8. The number of carbonyl (C=O) groups is 2. The number of anilines is 1. The van der Waals surface area contributed by atoms with Gasteiger partial charge in [0.1, 0.15) is 6.54 Å². The molecule has 0 aromatic heterocycles. The number of likely N-dealkylation sites (N-methyl/N-ethyl adjacent to an activating group) is 1. The van der Waals surface area contributed by atoms with Crippen LogP contribution in [0.3, 0.4) is 0 Å². The third kappa shape index (κ3) is 5.47. The molecule has 0 fully saturated rings. The predicted octanol–water partition coefficient (Wildman–Crippen LogP) is 4.37. The first-order chi connectivity index (χ1) is 12.6. The van der Waals surface area contributed by atoms with Crippen LogP contribution in [0, 0.1) is 0 Å². The fourth-order valence-electron chi connectivity index (χ4n) is 2.54. The van der Waals surface area contributed by atoms with Crippen LogP contribution in [0.25, 0.3) is 0 Å². The third-order valence-electron chi connectivity index (χ3n) is 3.92. The molecule has 2 aromatic rings. The van der Waals surface area contributed by atoms with Crippen molar-refractivity contribution in [3.8, 4) is 0 Å². The summed E-state index contributed by atoms with van der Waals surface area (Å²) in [7, 11) is 1.53. The zero-order chi connectivity index (χ0) is 20.2. The van der Waals surface area contributed by atoms with Crippen molar-refractivity contribution in [3.63, 3.8) is 0 Å². The predicted molar refractivity (Wildman–Crippen MR) is 97.4 cm³/mol. The Hall–Kier alpha value is -2.54. The summed E-state index contributed by atoms with van der Waals surface area (Å²) < 4.78 is 40.0. The highest BCUT2D eigenvalue weighted by molar-refractivity contribution is 6.30. The molecule has 2 amide bonds. The van der Waals surface area contributed by atoms with Gasteiger partial charge < -0.3 is 9.80 Å². The van der Waals surface area contributed by atoms with E-state index in [2.05, 4.69) is 0 Å². The molecule has 0 atom stereocenters. The van der Waals surface area contributed by atoms with Crippen molar-refractivity contribution in [1.82, 2.24) is 4.90 Å². The molecule has 0 bridgehead atoms. The molecule has 0 saturated carbocycles. The van der Waals surface area contributed by atoms with E-state index in [1.165, 1.54) is 18.0 Å². The number of alkyl halides is 3. The van der Waals surface area contributed by atoms with Crippen molar-refractivity contribution in [2.45, 2.75) is 19.6 Å². The van der Waals surface area contributed by atoms with Crippen LogP contribution in [0.4, 0.5) is 18.9 Å². The molecule has 4 nitrogen and oxygen atoms in total. The number of benzene rings is 2. The monoisotopic (exact) mass is 398 g/mol. The van der Waals surface area contributed by atoms with Gasteiger partial charge in [-0.15, -0.1) is 0 Å². The lowest BCUT2D eigenvalue weighted by molar-refractivity contribution is -0.137. The van der Waals surface area contributed by atoms with Gasteiger partial charge in [-0.1, -0.05) is 41.9 Å². The van der Waals surface area contributed by atoms with Gasteiger partial charge in [0.15, 0.2) is 0 Å². The van der Waals surface area contributed by atoms with Crippen LogP contribution in [-0.4, -0.2) is 30.3 Å². The molecule has 0 saturated heterocycles. The van der Waals surface area contributed by atoms with Crippen molar-refractivity contribution in [3.05, 3.63) is 64.7 Å². The summed E-state index contributed by atoms with van der Waals surface area (Å²) in [4.78, 5) is 26.6. The lowest BCUT2D eigenvalue weighted by Crippen LogP contribution is -2.41. The van der Waals surface area contributed by atoms with Crippen LogP contribution in [0.5, 0.6) is 0 Å². The van der Waals surface area contributed by atoms with Gasteiger partial charge in [-0.25, -0.2) is 0 Å². The topological polar surface area (TPSA) is 40.6 Å². The summed E-state index contributed by atoms with van der Waals surface area (Å²) in [5, 5.41) is -0.109. The lowest BCUT2D eigenvalue weighted by Gasteiger charge is -2.27. The highest BCUT2D eigenvalue weighted by atomic mass is 35.5. The highest BCUT2D eigenvalue weighted by Gasteiger charge is 2.36. The Morgan fingerprint density at radius 3 is 2.26 bits per heavy atom. The quantitative estimate of drug-likeness (QED) is 0.750. The zero-order valence-corrected chi connectivity index (χ0v) is 15.5. The van der Waals surface area contributed by atoms with Crippen molar-refractivity contribution < 1.29 is 22.8 Å². The summed E-state index contributed by atoms with van der Waals surface area (Å²) in [6.45, 7) is 0.876. The minimum absolute atomic E-state index is 0.109. The molecule has 0 aliphatic carbocycles. The molecule has 2 aromatic carbocycles. The maximum Gasteiger partial charge on any atom is 0.418 e. The first-order valence-electron chi connectivity index (χ1n) is 8.02. The van der Waals surface area contributed by atoms with E-state index in [9.17, 15) is 22.8 Å². The molecule has 8 heteroatoms. The Kier molecular flexibility index (Phi) is 6.49. The van der Waals surface area contributed by atoms with Crippen LogP contribution >= 0.6 is 11.6 Å². The highest BCUT2D eigenvalue weighted by Crippen LogP contribution is 2.38. The second-order valence-corrected chi connectivity index (χ2v) is 6.44. The third-order valence-corrected chi connectivity index (χ3v) is 4.15. The van der Waals surface area contributed by atoms with E-state index >= 15 is 0 Å². The number of hydrogen-bond donors (Lipinski definition) is 0. The van der Waals surface area contributed by atoms with Gasteiger partial charge in [0.2, 0.25) is 11.8 Å². The normalized spacial score (nSPS) is 11.2. The number of halogens is 4. The summed E-state index contributed by atoms with van der Waals surface area (Å²) in [6.07, 6.45) is -4.72. The van der Waals surface area contributed by atoms with Crippen molar-refractivity contribution in [2.75, 3.05) is 18.5 Å². The number of hydrogen-bond acceptors (Lipinski definition) is 2. The van der Waals surface area contributed by atoms with Crippen LogP contribution in [0.2, 0.25) is 5.02 Å². The van der Waals surface area contributed by atoms with E-state index in [1.807, 2.05) is 30.3 Å². The molecule has 144 valence electrons. The smallest absolute Gasteiger partial charge is 0.340 e. The van der Waals surface area contributed by atoms with Crippen LogP contribution in [-0.2, 0) is 22.3 Å². The minimum Gasteiger partial charge on any atom is -0.340 e. The van der Waals surface area contributed by atoms with E-state index in [0.29, 0.717) is 0 Å². The van der Waals surface area contributed by atoms with Gasteiger partial charge in [0.05, 0.1) is 11.3 Å². The van der Waals surface area contributed by atoms with E-state index in [0.717, 1.165) is 29.5 Å². The van der Waals surface area contributed by atoms with Gasteiger partial charge in [0.25, 0.3) is 0 Å². The fraction of sp³-hybridized carbons (Fsp3) is 0.263. The van der Waals surface area contributed by atoms with Gasteiger partial charge in [-0.05, 0) is 23.8 Å². The number of rotatable bonds is 5. The largest absolute Gasteiger partial charge is 0.418 e. The van der Waals surface area contributed by atoms with Gasteiger partial charge in [-0.3, -0.25) is 9.59 Å². The Bertz CT molecular complexity index is 825. The van der Waals surface area contributed by atoms with Gasteiger partial charge >= 0.3 is 6.18 Å². The molecule has 0 spiro atoms. The van der Waals surface area contributed by atoms with E-state index < -0.39 is 35.8 Å². The average Bonchev–Trinajstić information content (AvgIpc) is 2.59. The van der Waals surface area contributed by atoms with Gasteiger partial charge in [0, 0.05) is 25.5 Å². The Morgan fingerprint density at radius 2 is 1.70 bits per heavy atom. The number of nitrogens with zero attached hydrogens (tertiary/aromatic N) is 2. The van der Waals surface area contributed by atoms with Crippen LogP contribution in [0.1, 0.15) is 18.1 Å². The second kappa shape index (κ2) is 8.43. The van der Waals surface area contributed by atoms with E-state index in [1.54, 1.807) is 0 Å². The molecule has 0 radical (unpaired) electrons. The Balaban J connectivity index is 2.26. The van der Waals surface area contributed by atoms with Crippen LogP contribution < -0.4 is 4.90 Å². The molecular formula is C19H18ClF3N2O2. The lowest BCUT2D eigenvalue weighted by atomic mass is 10.1. The minimum atomic E-state index is -4.72. The zero-order valence-electron chi connectivity index (χ0n) is 14.8. The first-order valence-corrected chi connectivity index (χ1v) is 8.40. The van der Waals surface area contributed by atoms with E-state index in [4.69, 9.17) is 11.6 Å². The molecule has 27 heavy (non-hydrogen) atoms. The molecule has 0 heterocycles. The Morgan fingerprint density at radius 1 is 1.07 bits per heavy atom. The average molecular weight is 399 g/mol. The fourth-order valence-corrected chi connectivity index (χ4v) is 2.71. The summed E-state index contributed by atoms with van der Waals surface area (Å²) in [5.41, 5.74) is -0.602. The maximum atomic E-state index is 13.3. The van der Waals surface area contributed by atoms with E-state index in [-0.39, 0.29) is 11.6 Å². The van der Waals surface area contributed by atoms with Crippen LogP contribution in [0.15, 0.2) is 48.5 Å². The van der Waals surface area contributed by atoms with Crippen molar-refractivity contribution in [2.24, 2.45) is 0 Å². The molecule has 0 aliphatic rings. The molecule has 2 rings (SSSR count). The standard InChI is InChI=1S/C19H18ClF3N2O2/c1-13(26)25(17-9-8-15(20)10-16(17)19(21,22)23)12-18(27)24(2)11-14-6-4-3-5-7-14/h3-10H,11-12H2,1-2H3. The van der Waals surface area contributed by atoms with Gasteiger partial charge in [-0.2, -0.15) is 13.2 Å². The molecular weight excluding hydrogens is 381 g/mol. The summed E-state index contributed by atoms with van der Waals surface area (Å²) in [5.74, 6) is -1.17. The van der Waals surface area contributed by atoms with Crippen molar-refractivity contribution in [1.29, 1.82) is 0 Å². The summed E-state index contributed by atoms with van der Waals surface area (Å²) >= 11 is 5.67. The number of amides is 2. The second-order valence-electron chi connectivity index (χ2n) is 6.00. The molecule has 0 unspecified atom stereocenters. The number of carbonyl (C=O) groups excluding carboxylic acids is 2. The van der Waals surface area contributed by atoms with Crippen molar-refractivity contribution >= 4 is 29.1 Å². The maximum absolute atomic E-state index is 13.3. The summed E-state index contributed by atoms with van der Waals surface area (Å²) in [6, 6.07) is 12.2. The SMILES string of the molecule is CC(=O)N(CC(=O)N(C)Cc1ccccc1)c1ccc(Cl)cc1C(F)(F)F. The Labute approximate surface area is 160 Å².